The fourth-order valence-electron chi connectivity index (χ4n) is 2.09. The number of carbonyl (C=O) groups is 1. The van der Waals surface area contributed by atoms with Gasteiger partial charge in [-0.25, -0.2) is 4.39 Å². The highest BCUT2D eigenvalue weighted by molar-refractivity contribution is 9.10. The number of carbonyl (C=O) groups excluding carboxylic acids is 1. The summed E-state index contributed by atoms with van der Waals surface area (Å²) < 4.78 is 15.1. The number of amides is 1. The van der Waals surface area contributed by atoms with Crippen LogP contribution in [0.15, 0.2) is 51.8 Å². The molecular formula is C16H8BrClFNOS2. The van der Waals surface area contributed by atoms with Crippen molar-refractivity contribution in [3.05, 3.63) is 68.2 Å². The van der Waals surface area contributed by atoms with Crippen molar-refractivity contribution in [1.82, 2.24) is 0 Å². The van der Waals surface area contributed by atoms with E-state index < -0.39 is 5.82 Å². The molecule has 0 spiro atoms. The van der Waals surface area contributed by atoms with Crippen LogP contribution in [0.25, 0.3) is 6.08 Å². The van der Waals surface area contributed by atoms with Crippen LogP contribution in [0.5, 0.6) is 0 Å². The molecule has 1 fully saturated rings. The molecule has 1 saturated heterocycles. The maximum absolute atomic E-state index is 13.9. The van der Waals surface area contributed by atoms with Crippen LogP contribution in [0.2, 0.25) is 5.02 Å². The van der Waals surface area contributed by atoms with Crippen LogP contribution < -0.4 is 4.90 Å². The van der Waals surface area contributed by atoms with Gasteiger partial charge in [-0.3, -0.25) is 9.69 Å². The van der Waals surface area contributed by atoms with Crippen molar-refractivity contribution in [1.29, 1.82) is 0 Å². The second-order valence-corrected chi connectivity index (χ2v) is 7.63. The average molecular weight is 429 g/mol. The van der Waals surface area contributed by atoms with Crippen molar-refractivity contribution in [2.45, 2.75) is 0 Å². The predicted molar refractivity (Wildman–Crippen MR) is 101 cm³/mol. The van der Waals surface area contributed by atoms with E-state index in [1.54, 1.807) is 18.2 Å². The Kier molecular flexibility index (Phi) is 4.87. The van der Waals surface area contributed by atoms with Crippen molar-refractivity contribution in [2.24, 2.45) is 0 Å². The SMILES string of the molecule is O=C1/C(=C\c2c(F)cccc2Cl)SC(=S)N1c1cccc(Br)c1. The molecule has 23 heavy (non-hydrogen) atoms. The smallest absolute Gasteiger partial charge is 0.268 e. The lowest BCUT2D eigenvalue weighted by Gasteiger charge is -2.14. The van der Waals surface area contributed by atoms with Crippen LogP contribution in [0.4, 0.5) is 10.1 Å². The van der Waals surface area contributed by atoms with Crippen molar-refractivity contribution in [3.63, 3.8) is 0 Å². The highest BCUT2D eigenvalue weighted by atomic mass is 79.9. The molecule has 2 aromatic rings. The number of hydrogen-bond acceptors (Lipinski definition) is 3. The molecule has 2 aromatic carbocycles. The molecule has 0 saturated carbocycles. The van der Waals surface area contributed by atoms with Crippen molar-refractivity contribution >= 4 is 73.5 Å². The van der Waals surface area contributed by atoms with Gasteiger partial charge in [-0.15, -0.1) is 0 Å². The number of nitrogens with zero attached hydrogens (tertiary/aromatic N) is 1. The Labute approximate surface area is 155 Å². The highest BCUT2D eigenvalue weighted by Gasteiger charge is 2.33. The molecule has 116 valence electrons. The second kappa shape index (κ2) is 6.73. The second-order valence-electron chi connectivity index (χ2n) is 4.63. The van der Waals surface area contributed by atoms with Crippen LogP contribution in [0.3, 0.4) is 0 Å². The van der Waals surface area contributed by atoms with Crippen LogP contribution in [-0.4, -0.2) is 10.2 Å². The summed E-state index contributed by atoms with van der Waals surface area (Å²) in [5.41, 5.74) is 0.841. The van der Waals surface area contributed by atoms with Gasteiger partial charge in [-0.1, -0.05) is 63.6 Å². The lowest BCUT2D eigenvalue weighted by atomic mass is 10.2. The van der Waals surface area contributed by atoms with Crippen molar-refractivity contribution in [3.8, 4) is 0 Å². The van der Waals surface area contributed by atoms with Crippen LogP contribution in [0.1, 0.15) is 5.56 Å². The van der Waals surface area contributed by atoms with Gasteiger partial charge in [0.2, 0.25) is 0 Å². The summed E-state index contributed by atoms with van der Waals surface area (Å²) in [4.78, 5) is 14.4. The van der Waals surface area contributed by atoms with Gasteiger partial charge >= 0.3 is 0 Å². The molecule has 3 rings (SSSR count). The number of halogens is 3. The molecule has 0 bridgehead atoms. The third kappa shape index (κ3) is 3.35. The van der Waals surface area contributed by atoms with Gasteiger partial charge in [0.15, 0.2) is 4.32 Å². The standard InChI is InChI=1S/C16H8BrClFNOS2/c17-9-3-1-4-10(7-9)20-15(21)14(23-16(20)22)8-11-12(18)5-2-6-13(11)19/h1-8H/b14-8+. The molecule has 1 aliphatic heterocycles. The van der Waals surface area contributed by atoms with E-state index in [-0.39, 0.29) is 16.5 Å². The first-order valence-corrected chi connectivity index (χ1v) is 8.84. The first kappa shape index (κ1) is 16.6. The third-order valence-corrected chi connectivity index (χ3v) is 5.26. The summed E-state index contributed by atoms with van der Waals surface area (Å²) in [6, 6.07) is 11.6. The monoisotopic (exact) mass is 427 g/mol. The summed E-state index contributed by atoms with van der Waals surface area (Å²) in [5, 5.41) is 0.248. The van der Waals surface area contributed by atoms with Gasteiger partial charge in [0.25, 0.3) is 5.91 Å². The minimum absolute atomic E-state index is 0.184. The fraction of sp³-hybridized carbons (Fsp3) is 0. The van der Waals surface area contributed by atoms with E-state index in [9.17, 15) is 9.18 Å². The van der Waals surface area contributed by atoms with E-state index in [1.165, 1.54) is 23.1 Å². The normalized spacial score (nSPS) is 16.5. The number of rotatable bonds is 2. The fourth-order valence-corrected chi connectivity index (χ4v) is 3.97. The number of hydrogen-bond donors (Lipinski definition) is 0. The first-order valence-electron chi connectivity index (χ1n) is 6.45. The minimum Gasteiger partial charge on any atom is -0.268 e. The summed E-state index contributed by atoms with van der Waals surface area (Å²) in [6.07, 6.45) is 1.44. The molecule has 0 atom stereocenters. The van der Waals surface area contributed by atoms with Crippen LogP contribution in [0, 0.1) is 5.82 Å². The van der Waals surface area contributed by atoms with Gasteiger partial charge in [-0.05, 0) is 36.4 Å². The van der Waals surface area contributed by atoms with Gasteiger partial charge in [-0.2, -0.15) is 0 Å². The van der Waals surface area contributed by atoms with Crippen LogP contribution >= 0.6 is 51.5 Å². The average Bonchev–Trinajstić information content (AvgIpc) is 2.77. The maximum Gasteiger partial charge on any atom is 0.270 e. The molecule has 1 aliphatic rings. The number of anilines is 1. The van der Waals surface area contributed by atoms with E-state index >= 15 is 0 Å². The van der Waals surface area contributed by atoms with Gasteiger partial charge in [0.05, 0.1) is 15.6 Å². The van der Waals surface area contributed by atoms with Gasteiger partial charge in [0.1, 0.15) is 5.82 Å². The van der Waals surface area contributed by atoms with Gasteiger partial charge in [0, 0.05) is 10.0 Å². The molecule has 0 unspecified atom stereocenters. The predicted octanol–water partition coefficient (Wildman–Crippen LogP) is 5.65. The molecule has 0 aliphatic carbocycles. The third-order valence-electron chi connectivity index (χ3n) is 3.14. The Hall–Kier alpha value is -1.21. The Morgan fingerprint density at radius 3 is 2.70 bits per heavy atom. The van der Waals surface area contributed by atoms with Crippen molar-refractivity contribution < 1.29 is 9.18 Å². The number of thiocarbonyl (C=S) groups is 1. The first-order chi connectivity index (χ1) is 11.0. The largest absolute Gasteiger partial charge is 0.270 e. The zero-order valence-electron chi connectivity index (χ0n) is 11.4. The Morgan fingerprint density at radius 1 is 1.26 bits per heavy atom. The number of thioether (sulfide) groups is 1. The summed E-state index contributed by atoms with van der Waals surface area (Å²) >= 11 is 15.8. The maximum atomic E-state index is 13.9. The van der Waals surface area contributed by atoms with E-state index in [1.807, 2.05) is 12.1 Å². The quantitative estimate of drug-likeness (QED) is 0.455. The Bertz CT molecular complexity index is 835. The molecule has 7 heteroatoms. The molecule has 1 amide bonds. The van der Waals surface area contributed by atoms with E-state index in [0.717, 1.165) is 16.2 Å². The number of benzene rings is 2. The van der Waals surface area contributed by atoms with Gasteiger partial charge < -0.3 is 0 Å². The zero-order valence-corrected chi connectivity index (χ0v) is 15.4. The van der Waals surface area contributed by atoms with E-state index in [0.29, 0.717) is 14.9 Å². The molecular weight excluding hydrogens is 421 g/mol. The van der Waals surface area contributed by atoms with Crippen molar-refractivity contribution in [2.75, 3.05) is 4.90 Å². The lowest BCUT2D eigenvalue weighted by molar-refractivity contribution is -0.113. The Balaban J connectivity index is 2.00. The summed E-state index contributed by atoms with van der Waals surface area (Å²) in [5.74, 6) is -0.775. The molecule has 0 radical (unpaired) electrons. The molecule has 0 N–H and O–H groups in total. The highest BCUT2D eigenvalue weighted by Crippen LogP contribution is 2.37. The summed E-state index contributed by atoms with van der Waals surface area (Å²) in [7, 11) is 0. The Morgan fingerprint density at radius 2 is 2.00 bits per heavy atom. The minimum atomic E-state index is -0.481. The molecule has 2 nitrogen and oxygen atoms in total. The van der Waals surface area contributed by atoms with E-state index in [2.05, 4.69) is 15.9 Å². The van der Waals surface area contributed by atoms with E-state index in [4.69, 9.17) is 23.8 Å². The van der Waals surface area contributed by atoms with Crippen LogP contribution in [-0.2, 0) is 4.79 Å². The zero-order chi connectivity index (χ0) is 16.6. The lowest BCUT2D eigenvalue weighted by Crippen LogP contribution is -2.27. The summed E-state index contributed by atoms with van der Waals surface area (Å²) in [6.45, 7) is 0. The molecule has 0 aromatic heterocycles. The molecule has 1 heterocycles. The topological polar surface area (TPSA) is 20.3 Å².